The molecule has 25 heavy (non-hydrogen) atoms. The van der Waals surface area contributed by atoms with Crippen LogP contribution in [0.15, 0.2) is 56.3 Å². The zero-order chi connectivity index (χ0) is 18.0. The van der Waals surface area contributed by atoms with Crippen molar-refractivity contribution in [3.8, 4) is 5.75 Å². The smallest absolute Gasteiger partial charge is 0.293 e. The minimum Gasteiger partial charge on any atom is -0.496 e. The van der Waals surface area contributed by atoms with E-state index < -0.39 is 0 Å². The number of benzene rings is 2. The molecule has 1 heterocycles. The van der Waals surface area contributed by atoms with E-state index >= 15 is 0 Å². The summed E-state index contributed by atoms with van der Waals surface area (Å²) in [5, 5.41) is -0.264. The Morgan fingerprint density at radius 1 is 1.12 bits per heavy atom. The maximum atomic E-state index is 12.6. The fraction of sp³-hybridized carbons (Fsp3) is 0.111. The SMILES string of the molecule is COc1ccc(/C=C2/SC(=O)N(Cc3ccccc3Br)C2=O)cc1Br. The van der Waals surface area contributed by atoms with Crippen LogP contribution in [0.25, 0.3) is 6.08 Å². The molecule has 1 aliphatic rings. The van der Waals surface area contributed by atoms with Crippen LogP contribution in [0.2, 0.25) is 0 Å². The Morgan fingerprint density at radius 2 is 1.88 bits per heavy atom. The Labute approximate surface area is 166 Å². The van der Waals surface area contributed by atoms with Crippen LogP contribution >= 0.6 is 43.6 Å². The number of methoxy groups -OCH3 is 1. The molecule has 0 unspecified atom stereocenters. The second-order valence-corrected chi connectivity index (χ2v) is 7.96. The molecule has 1 fully saturated rings. The normalized spacial score (nSPS) is 16.0. The highest BCUT2D eigenvalue weighted by Crippen LogP contribution is 2.35. The average Bonchev–Trinajstić information content (AvgIpc) is 2.84. The van der Waals surface area contributed by atoms with Crippen molar-refractivity contribution in [2.75, 3.05) is 7.11 Å². The third-order valence-electron chi connectivity index (χ3n) is 3.63. The lowest BCUT2D eigenvalue weighted by Gasteiger charge is -2.13. The van der Waals surface area contributed by atoms with Gasteiger partial charge in [-0.15, -0.1) is 0 Å². The molecule has 0 bridgehead atoms. The summed E-state index contributed by atoms with van der Waals surface area (Å²) in [4.78, 5) is 26.5. The molecule has 7 heteroatoms. The van der Waals surface area contributed by atoms with E-state index in [-0.39, 0.29) is 17.7 Å². The topological polar surface area (TPSA) is 46.6 Å². The summed E-state index contributed by atoms with van der Waals surface area (Å²) in [7, 11) is 1.59. The van der Waals surface area contributed by atoms with Crippen molar-refractivity contribution in [3.63, 3.8) is 0 Å². The average molecular weight is 483 g/mol. The van der Waals surface area contributed by atoms with Crippen molar-refractivity contribution < 1.29 is 14.3 Å². The van der Waals surface area contributed by atoms with Crippen LogP contribution in [0.4, 0.5) is 4.79 Å². The highest BCUT2D eigenvalue weighted by molar-refractivity contribution is 9.10. The Morgan fingerprint density at radius 3 is 2.56 bits per heavy atom. The first-order valence-electron chi connectivity index (χ1n) is 7.32. The number of imide groups is 1. The largest absolute Gasteiger partial charge is 0.496 e. The van der Waals surface area contributed by atoms with Crippen molar-refractivity contribution in [1.29, 1.82) is 0 Å². The molecule has 128 valence electrons. The first kappa shape index (κ1) is 18.2. The molecule has 0 spiro atoms. The van der Waals surface area contributed by atoms with Crippen molar-refractivity contribution in [2.24, 2.45) is 0 Å². The summed E-state index contributed by atoms with van der Waals surface area (Å²) >= 11 is 7.82. The lowest BCUT2D eigenvalue weighted by atomic mass is 10.2. The van der Waals surface area contributed by atoms with Crippen LogP contribution in [-0.4, -0.2) is 23.2 Å². The fourth-order valence-electron chi connectivity index (χ4n) is 2.36. The number of halogens is 2. The molecule has 0 N–H and O–H groups in total. The number of carbonyl (C=O) groups excluding carboxylic acids is 2. The lowest BCUT2D eigenvalue weighted by Crippen LogP contribution is -2.27. The number of hydrogen-bond acceptors (Lipinski definition) is 4. The fourth-order valence-corrected chi connectivity index (χ4v) is 4.16. The third kappa shape index (κ3) is 3.99. The van der Waals surface area contributed by atoms with E-state index in [0.717, 1.165) is 31.8 Å². The van der Waals surface area contributed by atoms with E-state index in [0.29, 0.717) is 10.7 Å². The Balaban J connectivity index is 1.83. The lowest BCUT2D eigenvalue weighted by molar-refractivity contribution is -0.123. The molecule has 0 saturated carbocycles. The van der Waals surface area contributed by atoms with E-state index in [1.807, 2.05) is 36.4 Å². The number of hydrogen-bond donors (Lipinski definition) is 0. The molecule has 1 aliphatic heterocycles. The molecular weight excluding hydrogens is 470 g/mol. The summed E-state index contributed by atoms with van der Waals surface area (Å²) in [5.74, 6) is 0.428. The molecule has 4 nitrogen and oxygen atoms in total. The van der Waals surface area contributed by atoms with Gasteiger partial charge in [-0.3, -0.25) is 14.5 Å². The quantitative estimate of drug-likeness (QED) is 0.543. The Kier molecular flexibility index (Phi) is 5.66. The molecule has 3 rings (SSSR count). The van der Waals surface area contributed by atoms with Crippen molar-refractivity contribution >= 4 is 60.8 Å². The molecule has 0 aliphatic carbocycles. The standard InChI is InChI=1S/C18H13Br2NO3S/c1-24-15-7-6-11(8-14(15)20)9-16-17(22)21(18(23)25-16)10-12-4-2-3-5-13(12)19/h2-9H,10H2,1H3/b16-9+. The molecular formula is C18H13Br2NO3S. The van der Waals surface area contributed by atoms with Crippen molar-refractivity contribution in [1.82, 2.24) is 4.90 Å². The van der Waals surface area contributed by atoms with Gasteiger partial charge in [-0.05, 0) is 63.1 Å². The van der Waals surface area contributed by atoms with Gasteiger partial charge >= 0.3 is 0 Å². The van der Waals surface area contributed by atoms with Gasteiger partial charge in [0.2, 0.25) is 0 Å². The van der Waals surface area contributed by atoms with Gasteiger partial charge in [0.05, 0.1) is 23.0 Å². The summed E-state index contributed by atoms with van der Waals surface area (Å²) in [6.07, 6.45) is 1.72. The monoisotopic (exact) mass is 481 g/mol. The number of amides is 2. The van der Waals surface area contributed by atoms with Gasteiger partial charge < -0.3 is 4.74 Å². The van der Waals surface area contributed by atoms with E-state index in [1.54, 1.807) is 19.3 Å². The predicted molar refractivity (Wildman–Crippen MR) is 106 cm³/mol. The molecule has 2 aromatic carbocycles. The first-order chi connectivity index (χ1) is 12.0. The predicted octanol–water partition coefficient (Wildman–Crippen LogP) is 5.46. The zero-order valence-electron chi connectivity index (χ0n) is 13.2. The molecule has 0 aromatic heterocycles. The first-order valence-corrected chi connectivity index (χ1v) is 9.72. The summed E-state index contributed by atoms with van der Waals surface area (Å²) < 4.78 is 6.86. The van der Waals surface area contributed by atoms with Gasteiger partial charge in [0, 0.05) is 4.47 Å². The Hall–Kier alpha value is -1.57. The van der Waals surface area contributed by atoms with Crippen LogP contribution in [0.3, 0.4) is 0 Å². The highest BCUT2D eigenvalue weighted by Gasteiger charge is 2.35. The summed E-state index contributed by atoms with van der Waals surface area (Å²) in [6.45, 7) is 0.246. The Bertz CT molecular complexity index is 882. The van der Waals surface area contributed by atoms with Crippen molar-refractivity contribution in [2.45, 2.75) is 6.54 Å². The van der Waals surface area contributed by atoms with E-state index in [1.165, 1.54) is 4.90 Å². The second kappa shape index (κ2) is 7.76. The zero-order valence-corrected chi connectivity index (χ0v) is 17.2. The summed E-state index contributed by atoms with van der Waals surface area (Å²) in [5.41, 5.74) is 1.71. The number of nitrogens with zero attached hydrogens (tertiary/aromatic N) is 1. The van der Waals surface area contributed by atoms with Crippen molar-refractivity contribution in [3.05, 3.63) is 67.4 Å². The van der Waals surface area contributed by atoms with Gasteiger partial charge in [0.15, 0.2) is 0 Å². The summed E-state index contributed by atoms with van der Waals surface area (Å²) in [6, 6.07) is 13.0. The molecule has 1 saturated heterocycles. The van der Waals surface area contributed by atoms with Gasteiger partial charge in [-0.2, -0.15) is 0 Å². The number of carbonyl (C=O) groups is 2. The van der Waals surface area contributed by atoms with Crippen LogP contribution in [0.5, 0.6) is 5.75 Å². The maximum absolute atomic E-state index is 12.6. The van der Waals surface area contributed by atoms with Crippen LogP contribution in [0, 0.1) is 0 Å². The van der Waals surface area contributed by atoms with Gasteiger partial charge in [-0.1, -0.05) is 40.2 Å². The van der Waals surface area contributed by atoms with Crippen LogP contribution < -0.4 is 4.74 Å². The minimum absolute atomic E-state index is 0.246. The highest BCUT2D eigenvalue weighted by atomic mass is 79.9. The van der Waals surface area contributed by atoms with Crippen LogP contribution in [-0.2, 0) is 11.3 Å². The van der Waals surface area contributed by atoms with E-state index in [2.05, 4.69) is 31.9 Å². The number of thioether (sulfide) groups is 1. The van der Waals surface area contributed by atoms with Gasteiger partial charge in [0.1, 0.15) is 5.75 Å². The number of rotatable bonds is 4. The second-order valence-electron chi connectivity index (χ2n) is 5.25. The number of ether oxygens (including phenoxy) is 1. The van der Waals surface area contributed by atoms with Gasteiger partial charge in [-0.25, -0.2) is 0 Å². The molecule has 0 radical (unpaired) electrons. The molecule has 2 aromatic rings. The van der Waals surface area contributed by atoms with Gasteiger partial charge in [0.25, 0.3) is 11.1 Å². The minimum atomic E-state index is -0.280. The van der Waals surface area contributed by atoms with E-state index in [4.69, 9.17) is 4.74 Å². The van der Waals surface area contributed by atoms with E-state index in [9.17, 15) is 9.59 Å². The maximum Gasteiger partial charge on any atom is 0.293 e. The third-order valence-corrected chi connectivity index (χ3v) is 5.93. The van der Waals surface area contributed by atoms with Crippen LogP contribution in [0.1, 0.15) is 11.1 Å². The molecule has 0 atom stereocenters. The molecule has 2 amide bonds.